The van der Waals surface area contributed by atoms with Crippen LogP contribution in [0.1, 0.15) is 70.0 Å². The molecule has 1 N–H and O–H groups in total. The third-order valence-corrected chi connectivity index (χ3v) is 8.91. The molecule has 0 radical (unpaired) electrons. The number of aliphatic carboxylic acids is 1. The molecule has 2 aliphatic rings. The molecular formula is C32H37ClFN3O6. The highest BCUT2D eigenvalue weighted by Crippen LogP contribution is 2.38. The predicted molar refractivity (Wildman–Crippen MR) is 160 cm³/mol. The first kappa shape index (κ1) is 30.9. The monoisotopic (exact) mass is 613 g/mol. The minimum Gasteiger partial charge on any atom is -0.481 e. The van der Waals surface area contributed by atoms with E-state index in [1.54, 1.807) is 21.9 Å². The van der Waals surface area contributed by atoms with Crippen LogP contribution in [-0.4, -0.2) is 76.1 Å². The number of carboxylic acid groups (broad SMARTS) is 1. The highest BCUT2D eigenvalue weighted by atomic mass is 35.5. The van der Waals surface area contributed by atoms with Gasteiger partial charge in [-0.25, -0.2) is 9.37 Å². The highest BCUT2D eigenvalue weighted by molar-refractivity contribution is 6.30. The standard InChI is InChI=1S/C32H37ClFN3O6/c1-30(2,3)20-15-23(19-6-7-21(33)22(34)14-19)35-24-16-25(43-27(20)24)28(39)37-11-10-36(18-31(37,4)5)26(38)17-32(29(40)41)8-12-42-13-9-32/h6-7,14-16H,8-13,17-18H2,1-5H3,(H,40,41). The van der Waals surface area contributed by atoms with Crippen molar-refractivity contribution >= 4 is 40.5 Å². The molecule has 11 heteroatoms. The van der Waals surface area contributed by atoms with Gasteiger partial charge in [0.2, 0.25) is 5.91 Å². The molecule has 9 nitrogen and oxygen atoms in total. The lowest BCUT2D eigenvalue weighted by Gasteiger charge is -2.47. The van der Waals surface area contributed by atoms with Crippen LogP contribution in [-0.2, 0) is 19.7 Å². The number of piperazine rings is 1. The third-order valence-electron chi connectivity index (χ3n) is 8.61. The number of nitrogens with zero attached hydrogens (tertiary/aromatic N) is 3. The normalized spacial score (nSPS) is 18.6. The molecule has 0 spiro atoms. The number of hydrogen-bond acceptors (Lipinski definition) is 6. The zero-order valence-corrected chi connectivity index (χ0v) is 25.9. The fourth-order valence-electron chi connectivity index (χ4n) is 5.99. The Morgan fingerprint density at radius 1 is 1.09 bits per heavy atom. The lowest BCUT2D eigenvalue weighted by molar-refractivity contribution is -0.160. The first-order valence-electron chi connectivity index (χ1n) is 14.4. The van der Waals surface area contributed by atoms with Crippen molar-refractivity contribution in [1.82, 2.24) is 14.8 Å². The van der Waals surface area contributed by atoms with Crippen molar-refractivity contribution < 1.29 is 33.0 Å². The number of halogens is 2. The van der Waals surface area contributed by atoms with Gasteiger partial charge in [-0.2, -0.15) is 0 Å². The number of aromatic nitrogens is 1. The van der Waals surface area contributed by atoms with Gasteiger partial charge in [0.1, 0.15) is 11.3 Å². The van der Waals surface area contributed by atoms with Crippen LogP contribution in [0.25, 0.3) is 22.4 Å². The molecule has 5 rings (SSSR count). The number of furan rings is 1. The number of carboxylic acids is 1. The number of rotatable bonds is 5. The van der Waals surface area contributed by atoms with Crippen molar-refractivity contribution in [2.75, 3.05) is 32.8 Å². The Balaban J connectivity index is 1.40. The van der Waals surface area contributed by atoms with Gasteiger partial charge >= 0.3 is 5.97 Å². The number of benzene rings is 1. The SMILES string of the molecule is CC(C)(C)c1cc(-c2ccc(Cl)c(F)c2)nc2cc(C(=O)N3CCN(C(=O)CC4(C(=O)O)CCOCC4)CC3(C)C)oc12. The summed E-state index contributed by atoms with van der Waals surface area (Å²) in [6, 6.07) is 7.97. The van der Waals surface area contributed by atoms with Gasteiger partial charge in [-0.15, -0.1) is 0 Å². The van der Waals surface area contributed by atoms with E-state index < -0.39 is 22.7 Å². The summed E-state index contributed by atoms with van der Waals surface area (Å²) in [5.41, 5.74) is 0.607. The lowest BCUT2D eigenvalue weighted by Crippen LogP contribution is -2.62. The van der Waals surface area contributed by atoms with E-state index in [1.807, 2.05) is 40.7 Å². The van der Waals surface area contributed by atoms with Gasteiger partial charge in [0.25, 0.3) is 5.91 Å². The molecule has 1 aromatic carbocycles. The van der Waals surface area contributed by atoms with Crippen molar-refractivity contribution in [3.63, 3.8) is 0 Å². The summed E-state index contributed by atoms with van der Waals surface area (Å²) in [4.78, 5) is 47.3. The molecule has 2 aliphatic heterocycles. The van der Waals surface area contributed by atoms with Gasteiger partial charge < -0.3 is 24.1 Å². The molecule has 230 valence electrons. The van der Waals surface area contributed by atoms with E-state index in [4.69, 9.17) is 25.7 Å². The maximum Gasteiger partial charge on any atom is 0.310 e. The second-order valence-corrected chi connectivity index (χ2v) is 13.6. The zero-order chi connectivity index (χ0) is 31.3. The van der Waals surface area contributed by atoms with E-state index in [0.717, 1.165) is 5.56 Å². The Labute approximate surface area is 254 Å². The van der Waals surface area contributed by atoms with Crippen LogP contribution >= 0.6 is 11.6 Å². The van der Waals surface area contributed by atoms with E-state index in [9.17, 15) is 23.9 Å². The Kier molecular flexibility index (Phi) is 8.07. The number of pyridine rings is 1. The average Bonchev–Trinajstić information content (AvgIpc) is 3.37. The molecule has 43 heavy (non-hydrogen) atoms. The second-order valence-electron chi connectivity index (χ2n) is 13.2. The number of hydrogen-bond donors (Lipinski definition) is 1. The topological polar surface area (TPSA) is 113 Å². The van der Waals surface area contributed by atoms with Crippen LogP contribution in [0.5, 0.6) is 0 Å². The van der Waals surface area contributed by atoms with Crippen molar-refractivity contribution in [2.45, 2.75) is 64.8 Å². The smallest absolute Gasteiger partial charge is 0.310 e. The summed E-state index contributed by atoms with van der Waals surface area (Å²) in [6.45, 7) is 11.2. The molecule has 3 aromatic rings. The fraction of sp³-hybridized carbons (Fsp3) is 0.500. The van der Waals surface area contributed by atoms with Crippen molar-refractivity contribution in [2.24, 2.45) is 5.41 Å². The predicted octanol–water partition coefficient (Wildman–Crippen LogP) is 5.92. The number of carbonyl (C=O) groups is 3. The van der Waals surface area contributed by atoms with Crippen molar-refractivity contribution in [3.05, 3.63) is 52.5 Å². The summed E-state index contributed by atoms with van der Waals surface area (Å²) in [5.74, 6) is -1.98. The van der Waals surface area contributed by atoms with Crippen LogP contribution < -0.4 is 0 Å². The van der Waals surface area contributed by atoms with E-state index >= 15 is 0 Å². The molecule has 4 heterocycles. The van der Waals surface area contributed by atoms with Gasteiger partial charge in [0.15, 0.2) is 11.3 Å². The molecule has 0 aliphatic carbocycles. The second kappa shape index (κ2) is 11.2. The summed E-state index contributed by atoms with van der Waals surface area (Å²) in [7, 11) is 0. The van der Waals surface area contributed by atoms with Crippen LogP contribution in [0.2, 0.25) is 5.02 Å². The van der Waals surface area contributed by atoms with E-state index in [0.29, 0.717) is 48.4 Å². The van der Waals surface area contributed by atoms with Gasteiger partial charge in [-0.05, 0) is 50.3 Å². The molecule has 2 saturated heterocycles. The van der Waals surface area contributed by atoms with Crippen molar-refractivity contribution in [3.8, 4) is 11.3 Å². The maximum atomic E-state index is 14.3. The number of carbonyl (C=O) groups excluding carboxylic acids is 2. The first-order chi connectivity index (χ1) is 20.1. The Bertz CT molecular complexity index is 1590. The molecule has 0 bridgehead atoms. The van der Waals surface area contributed by atoms with Crippen molar-refractivity contribution in [1.29, 1.82) is 0 Å². The van der Waals surface area contributed by atoms with E-state index in [1.165, 1.54) is 12.1 Å². The number of fused-ring (bicyclic) bond motifs is 1. The molecule has 0 unspecified atom stereocenters. The molecular weight excluding hydrogens is 577 g/mol. The first-order valence-corrected chi connectivity index (χ1v) is 14.8. The largest absolute Gasteiger partial charge is 0.481 e. The summed E-state index contributed by atoms with van der Waals surface area (Å²) < 4.78 is 25.8. The number of amides is 2. The third kappa shape index (κ3) is 5.99. The molecule has 0 saturated carbocycles. The summed E-state index contributed by atoms with van der Waals surface area (Å²) >= 11 is 5.89. The van der Waals surface area contributed by atoms with Crippen LogP contribution in [0, 0.1) is 11.2 Å². The minimum atomic E-state index is -1.13. The van der Waals surface area contributed by atoms with Crippen LogP contribution in [0.15, 0.2) is 34.7 Å². The molecule has 0 atom stereocenters. The molecule has 2 amide bonds. The maximum absolute atomic E-state index is 14.3. The highest BCUT2D eigenvalue weighted by Gasteiger charge is 2.45. The van der Waals surface area contributed by atoms with Gasteiger partial charge in [0.05, 0.1) is 21.7 Å². The quantitative estimate of drug-likeness (QED) is 0.380. The van der Waals surface area contributed by atoms with Crippen LogP contribution in [0.3, 0.4) is 0 Å². The van der Waals surface area contributed by atoms with E-state index in [-0.39, 0.29) is 54.1 Å². The Morgan fingerprint density at radius 3 is 2.40 bits per heavy atom. The average molecular weight is 614 g/mol. The van der Waals surface area contributed by atoms with E-state index in [2.05, 4.69) is 0 Å². The lowest BCUT2D eigenvalue weighted by atomic mass is 9.77. The minimum absolute atomic E-state index is 0.0199. The van der Waals surface area contributed by atoms with Gasteiger partial charge in [0, 0.05) is 56.5 Å². The Hall–Kier alpha value is -3.50. The molecule has 2 aromatic heterocycles. The van der Waals surface area contributed by atoms with Gasteiger partial charge in [-0.1, -0.05) is 38.4 Å². The summed E-state index contributed by atoms with van der Waals surface area (Å²) in [5, 5.41) is 9.92. The molecule has 2 fully saturated rings. The summed E-state index contributed by atoms with van der Waals surface area (Å²) in [6.07, 6.45) is 0.489. The van der Waals surface area contributed by atoms with Crippen LogP contribution in [0.4, 0.5) is 4.39 Å². The number of ether oxygens (including phenoxy) is 1. The van der Waals surface area contributed by atoms with Gasteiger partial charge in [-0.3, -0.25) is 14.4 Å². The fourth-order valence-corrected chi connectivity index (χ4v) is 6.11. The zero-order valence-electron chi connectivity index (χ0n) is 25.1. The Morgan fingerprint density at radius 2 is 1.79 bits per heavy atom.